The maximum Gasteiger partial charge on any atom is 1.00 e. The molecule has 45 heavy (non-hydrogen) atoms. The van der Waals surface area contributed by atoms with Gasteiger partial charge in [0.1, 0.15) is 0 Å². The van der Waals surface area contributed by atoms with Gasteiger partial charge in [0.2, 0.25) is 0 Å². The second kappa shape index (κ2) is 90.7. The van der Waals surface area contributed by atoms with E-state index in [1.807, 2.05) is 0 Å². The molecule has 0 radical (unpaired) electrons. The van der Waals surface area contributed by atoms with E-state index >= 15 is 0 Å². The van der Waals surface area contributed by atoms with E-state index in [4.69, 9.17) is 141 Å². The van der Waals surface area contributed by atoms with Crippen molar-refractivity contribution in [3.05, 3.63) is 0 Å². The van der Waals surface area contributed by atoms with Crippen LogP contribution in [-0.2, 0) is 44.6 Å². The van der Waals surface area contributed by atoms with E-state index in [2.05, 4.69) is 0 Å². The van der Waals surface area contributed by atoms with Crippen LogP contribution in [0.1, 0.15) is 7.13 Å². The van der Waals surface area contributed by atoms with Gasteiger partial charge >= 0.3 is 239 Å². The van der Waals surface area contributed by atoms with Crippen molar-refractivity contribution >= 4 is 91.7 Å². The second-order valence-electron chi connectivity index (χ2n) is 2.83. The molecule has 0 fully saturated rings. The minimum absolute atomic E-state index is 0. The van der Waals surface area contributed by atoms with Crippen LogP contribution < -0.4 is 148 Å². The van der Waals surface area contributed by atoms with Crippen LogP contribution in [0.3, 0.4) is 0 Å². The van der Waals surface area contributed by atoms with Gasteiger partial charge in [-0.2, -0.15) is 0 Å². The Bertz CT molecular complexity index is 508. The van der Waals surface area contributed by atoms with Gasteiger partial charge in [0, 0.05) is 0 Å². The number of hydrogen-bond acceptors (Lipinski definition) is 10. The molecule has 0 aliphatic carbocycles. The van der Waals surface area contributed by atoms with Crippen molar-refractivity contribution in [3.63, 3.8) is 0 Å². The van der Waals surface area contributed by atoms with Gasteiger partial charge in [0.05, 0.1) is 0 Å². The third-order valence-corrected chi connectivity index (χ3v) is 0. The SMILES string of the molecule is O=[Si](O)O.O=[Si](O)O.O=[Si](O)O.O=[Si](O)O.O=[Si](O)O.O=[Si](O)O.O=[Si](O)O.O=[Si](O)O.O=[Si](O)O.O=[Si](O)O.[H-].[H-].[H-].[H-].[H-].[Na+].[Na+].[Na+].[Na+].[Na+]. The fourth-order valence-electron chi connectivity index (χ4n) is 0. The van der Waals surface area contributed by atoms with E-state index in [0.717, 1.165) is 0 Å². The monoisotopic (exact) mass is 900 g/mol. The van der Waals surface area contributed by atoms with E-state index in [1.54, 1.807) is 0 Å². The standard InChI is InChI=1S/5Na.10H2O3Si.5H/c;;;;;10*1-4(2)3;;;;;/h;;;;;10*1-2H;;;;;/q5*+1;;;;;;;;;;;5*-1. The molecule has 0 aromatic heterocycles. The van der Waals surface area contributed by atoms with E-state index < -0.39 is 91.7 Å². The Labute approximate surface area is 381 Å². The molecule has 0 atom stereocenters. The predicted molar refractivity (Wildman–Crippen MR) is 114 cm³/mol. The van der Waals surface area contributed by atoms with Crippen molar-refractivity contribution in [1.82, 2.24) is 0 Å². The molecule has 0 saturated heterocycles. The Morgan fingerprint density at radius 1 is 0.178 bits per heavy atom. The first kappa shape index (κ1) is 97.0. The summed E-state index contributed by atoms with van der Waals surface area (Å²) in [4.78, 5) is 143. The van der Waals surface area contributed by atoms with E-state index in [9.17, 15) is 0 Å². The summed E-state index contributed by atoms with van der Waals surface area (Å²) in [6, 6.07) is 0. The molecule has 0 aromatic carbocycles. The fraction of sp³-hybridized carbons (Fsp3) is 0. The summed E-state index contributed by atoms with van der Waals surface area (Å²) in [6.07, 6.45) is 0. The quantitative estimate of drug-likeness (QED) is 0.100. The fourth-order valence-corrected chi connectivity index (χ4v) is 0. The maximum atomic E-state index is 8.74. The molecule has 0 rings (SSSR count). The molecule has 0 saturated carbocycles. The largest absolute Gasteiger partial charge is 1.00 e. The van der Waals surface area contributed by atoms with Crippen LogP contribution in [0.5, 0.6) is 0 Å². The summed E-state index contributed by atoms with van der Waals surface area (Å²) in [5, 5.41) is 0. The molecular weight excluding hydrogens is 876 g/mol. The van der Waals surface area contributed by atoms with Gasteiger partial charge in [-0.15, -0.1) is 0 Å². The van der Waals surface area contributed by atoms with Crippen molar-refractivity contribution in [2.45, 2.75) is 0 Å². The minimum Gasteiger partial charge on any atom is -1.00 e. The van der Waals surface area contributed by atoms with Gasteiger partial charge in [-0.1, -0.05) is 0 Å². The van der Waals surface area contributed by atoms with E-state index in [0.29, 0.717) is 0 Å². The summed E-state index contributed by atoms with van der Waals surface area (Å²) in [5.41, 5.74) is 0. The molecule has 0 aliphatic heterocycles. The molecule has 0 aliphatic rings. The van der Waals surface area contributed by atoms with Crippen molar-refractivity contribution < 1.29 is 295 Å². The summed E-state index contributed by atoms with van der Waals surface area (Å²) in [7, 11) is -31.3. The smallest absolute Gasteiger partial charge is 1.00 e. The minimum atomic E-state index is -3.13. The summed E-state index contributed by atoms with van der Waals surface area (Å²) in [6.45, 7) is 0. The maximum absolute atomic E-state index is 8.74. The molecule has 0 bridgehead atoms. The molecule has 250 valence electrons. The summed E-state index contributed by atoms with van der Waals surface area (Å²) in [5.74, 6) is 0. The molecule has 30 nitrogen and oxygen atoms in total. The number of rotatable bonds is 0. The zero-order valence-electron chi connectivity index (χ0n) is 28.0. The zero-order chi connectivity index (χ0) is 35.8. The van der Waals surface area contributed by atoms with Gasteiger partial charge < -0.3 is 103 Å². The van der Waals surface area contributed by atoms with Crippen molar-refractivity contribution in [2.24, 2.45) is 0 Å². The van der Waals surface area contributed by atoms with E-state index in [-0.39, 0.29) is 155 Å². The van der Waals surface area contributed by atoms with Gasteiger partial charge in [-0.05, 0) is 0 Å². The molecule has 0 spiro atoms. The molecule has 0 heterocycles. The van der Waals surface area contributed by atoms with Crippen LogP contribution in [0, 0.1) is 0 Å². The summed E-state index contributed by atoms with van der Waals surface area (Å²) < 4.78 is 87.4. The Hall–Kier alpha value is 1.17. The average molecular weight is 901 g/mol. The molecular formula is H25Na5O30Si10. The third-order valence-electron chi connectivity index (χ3n) is 0. The van der Waals surface area contributed by atoms with Gasteiger partial charge in [0.25, 0.3) is 0 Å². The topological polar surface area (TPSA) is 575 Å². The van der Waals surface area contributed by atoms with Crippen LogP contribution in [0.25, 0.3) is 0 Å². The Balaban J connectivity index is -0.0000000109. The van der Waals surface area contributed by atoms with Gasteiger partial charge in [-0.25, -0.2) is 0 Å². The Morgan fingerprint density at radius 2 is 0.178 bits per heavy atom. The Morgan fingerprint density at radius 3 is 0.178 bits per heavy atom. The average Bonchev–Trinajstić information content (AvgIpc) is 2.47. The molecule has 0 unspecified atom stereocenters. The zero-order valence-corrected chi connectivity index (χ0v) is 43.0. The molecule has 20 N–H and O–H groups in total. The van der Waals surface area contributed by atoms with Gasteiger partial charge in [0.15, 0.2) is 0 Å². The summed E-state index contributed by atoms with van der Waals surface area (Å²) >= 11 is 0. The van der Waals surface area contributed by atoms with Gasteiger partial charge in [-0.3, -0.25) is 44.6 Å². The van der Waals surface area contributed by atoms with Crippen LogP contribution in [0.15, 0.2) is 0 Å². The predicted octanol–water partition coefficient (Wildman–Crippen LogP) is -30.6. The van der Waals surface area contributed by atoms with Crippen LogP contribution in [-0.4, -0.2) is 188 Å². The second-order valence-corrected chi connectivity index (χ2v) is 8.48. The Kier molecular flexibility index (Phi) is 195. The third kappa shape index (κ3) is 61600. The number of hydrogen-bond donors (Lipinski definition) is 20. The first-order valence-corrected chi connectivity index (χ1v) is 19.5. The molecule has 0 aromatic rings. The molecule has 0 amide bonds. The van der Waals surface area contributed by atoms with Crippen molar-refractivity contribution in [3.8, 4) is 0 Å². The van der Waals surface area contributed by atoms with Crippen LogP contribution in [0.2, 0.25) is 0 Å². The first-order valence-electron chi connectivity index (χ1n) is 6.51. The first-order chi connectivity index (χ1) is 17.3. The van der Waals surface area contributed by atoms with Crippen molar-refractivity contribution in [2.75, 3.05) is 0 Å². The molecule has 45 heteroatoms. The van der Waals surface area contributed by atoms with Crippen LogP contribution >= 0.6 is 0 Å². The van der Waals surface area contributed by atoms with Crippen molar-refractivity contribution in [1.29, 1.82) is 0 Å². The van der Waals surface area contributed by atoms with Crippen LogP contribution in [0.4, 0.5) is 0 Å². The van der Waals surface area contributed by atoms with E-state index in [1.165, 1.54) is 0 Å². The normalized spacial score (nSPS) is 5.33.